The number of carbonyl (C=O) groups is 1. The number of rotatable bonds is 4. The number of anilines is 1. The number of hydrogen-bond acceptors (Lipinski definition) is 3. The van der Waals surface area contributed by atoms with Gasteiger partial charge >= 0.3 is 0 Å². The molecule has 0 radical (unpaired) electrons. The number of aromatic amines is 1. The maximum Gasteiger partial charge on any atom is 0.258 e. The highest BCUT2D eigenvalue weighted by Gasteiger charge is 2.41. The van der Waals surface area contributed by atoms with Crippen LogP contribution >= 0.6 is 11.6 Å². The van der Waals surface area contributed by atoms with Gasteiger partial charge in [-0.05, 0) is 42.7 Å². The molecule has 25 heavy (non-hydrogen) atoms. The predicted octanol–water partition coefficient (Wildman–Crippen LogP) is 4.18. The molecule has 0 saturated heterocycles. The molecule has 0 bridgehead atoms. The van der Waals surface area contributed by atoms with E-state index < -0.39 is 0 Å². The van der Waals surface area contributed by atoms with Crippen molar-refractivity contribution in [2.75, 3.05) is 5.32 Å². The maximum absolute atomic E-state index is 12.2. The molecule has 2 N–H and O–H groups in total. The number of H-pyrrole nitrogens is 1. The van der Waals surface area contributed by atoms with Crippen molar-refractivity contribution in [3.8, 4) is 0 Å². The molecule has 1 aromatic carbocycles. The van der Waals surface area contributed by atoms with Crippen molar-refractivity contribution in [3.63, 3.8) is 0 Å². The Bertz CT molecular complexity index is 885. The summed E-state index contributed by atoms with van der Waals surface area (Å²) in [5, 5.41) is 10.9. The van der Waals surface area contributed by atoms with Crippen molar-refractivity contribution >= 4 is 23.3 Å². The van der Waals surface area contributed by atoms with E-state index in [4.69, 9.17) is 11.6 Å². The monoisotopic (exact) mass is 352 g/mol. The van der Waals surface area contributed by atoms with Gasteiger partial charge in [0.25, 0.3) is 5.91 Å². The molecule has 1 aliphatic rings. The molecule has 0 spiro atoms. The topological polar surface area (TPSA) is 70.7 Å². The van der Waals surface area contributed by atoms with Crippen LogP contribution in [-0.4, -0.2) is 21.1 Å². The number of nitrogens with zero attached hydrogens (tertiary/aromatic N) is 2. The van der Waals surface area contributed by atoms with E-state index in [1.54, 1.807) is 18.3 Å². The maximum atomic E-state index is 12.2. The van der Waals surface area contributed by atoms with Crippen LogP contribution in [0.4, 0.5) is 5.82 Å². The summed E-state index contributed by atoms with van der Waals surface area (Å²) in [5.41, 5.74) is 2.66. The van der Waals surface area contributed by atoms with E-state index in [2.05, 4.69) is 32.6 Å². The van der Waals surface area contributed by atoms with Gasteiger partial charge in [-0.3, -0.25) is 14.9 Å². The third-order valence-electron chi connectivity index (χ3n) is 4.86. The van der Waals surface area contributed by atoms with Crippen LogP contribution in [0.5, 0.6) is 0 Å². The number of nitrogens with one attached hydrogen (secondary N) is 2. The molecule has 126 valence electrons. The third kappa shape index (κ3) is 2.91. The van der Waals surface area contributed by atoms with Gasteiger partial charge in [0.05, 0.1) is 5.56 Å². The molecule has 3 aromatic rings. The van der Waals surface area contributed by atoms with E-state index in [-0.39, 0.29) is 11.3 Å². The fourth-order valence-electron chi connectivity index (χ4n) is 3.33. The molecule has 2 aromatic heterocycles. The van der Waals surface area contributed by atoms with Gasteiger partial charge in [-0.1, -0.05) is 30.2 Å². The summed E-state index contributed by atoms with van der Waals surface area (Å²) in [5.74, 6) is 0.296. The lowest BCUT2D eigenvalue weighted by Gasteiger charge is -2.41. The largest absolute Gasteiger partial charge is 0.305 e. The number of carbonyl (C=O) groups excluding carboxylic acids is 1. The average Bonchev–Trinajstić information content (AvgIpc) is 3.05. The van der Waals surface area contributed by atoms with Gasteiger partial charge in [0, 0.05) is 34.6 Å². The van der Waals surface area contributed by atoms with Gasteiger partial charge in [0.2, 0.25) is 0 Å². The van der Waals surface area contributed by atoms with Crippen LogP contribution in [0.1, 0.15) is 40.9 Å². The number of aromatic nitrogens is 3. The van der Waals surface area contributed by atoms with Gasteiger partial charge in [0.15, 0.2) is 5.82 Å². The first-order chi connectivity index (χ1) is 12.2. The van der Waals surface area contributed by atoms with Crippen molar-refractivity contribution in [2.45, 2.75) is 24.7 Å². The minimum Gasteiger partial charge on any atom is -0.305 e. The lowest BCUT2D eigenvalue weighted by Crippen LogP contribution is -2.35. The first-order valence-corrected chi connectivity index (χ1v) is 8.58. The van der Waals surface area contributed by atoms with E-state index in [1.165, 1.54) is 18.2 Å². The van der Waals surface area contributed by atoms with E-state index in [1.807, 2.05) is 18.2 Å². The Hall–Kier alpha value is -2.66. The highest BCUT2D eigenvalue weighted by molar-refractivity contribution is 6.30. The minimum atomic E-state index is -0.222. The first-order valence-electron chi connectivity index (χ1n) is 8.21. The summed E-state index contributed by atoms with van der Waals surface area (Å²) in [6.07, 6.45) is 6.43. The van der Waals surface area contributed by atoms with Gasteiger partial charge in [0.1, 0.15) is 0 Å². The van der Waals surface area contributed by atoms with Crippen LogP contribution in [0, 0.1) is 0 Å². The lowest BCUT2D eigenvalue weighted by molar-refractivity contribution is 0.102. The Morgan fingerprint density at radius 1 is 1.20 bits per heavy atom. The molecule has 6 heteroatoms. The predicted molar refractivity (Wildman–Crippen MR) is 96.9 cm³/mol. The highest BCUT2D eigenvalue weighted by atomic mass is 35.5. The van der Waals surface area contributed by atoms with Crippen LogP contribution in [0.2, 0.25) is 5.02 Å². The molecule has 0 atom stereocenters. The Labute approximate surface area is 150 Å². The summed E-state index contributed by atoms with van der Waals surface area (Å²) in [4.78, 5) is 16.2. The van der Waals surface area contributed by atoms with Crippen LogP contribution in [-0.2, 0) is 5.41 Å². The van der Waals surface area contributed by atoms with Crippen molar-refractivity contribution in [2.24, 2.45) is 0 Å². The summed E-state index contributed by atoms with van der Waals surface area (Å²) in [7, 11) is 0. The first kappa shape index (κ1) is 15.8. The minimum absolute atomic E-state index is 0.0745. The van der Waals surface area contributed by atoms with Crippen LogP contribution < -0.4 is 5.32 Å². The van der Waals surface area contributed by atoms with Crippen LogP contribution in [0.15, 0.2) is 54.9 Å². The number of amides is 1. The fourth-order valence-corrected chi connectivity index (χ4v) is 3.46. The van der Waals surface area contributed by atoms with Crippen molar-refractivity contribution in [3.05, 3.63) is 76.7 Å². The number of benzene rings is 1. The quantitative estimate of drug-likeness (QED) is 0.740. The summed E-state index contributed by atoms with van der Waals surface area (Å²) >= 11 is 6.02. The molecule has 0 aliphatic heterocycles. The summed E-state index contributed by atoms with van der Waals surface area (Å²) in [6, 6.07) is 13.3. The second-order valence-corrected chi connectivity index (χ2v) is 6.74. The molecule has 1 amide bonds. The third-order valence-corrected chi connectivity index (χ3v) is 5.11. The Morgan fingerprint density at radius 3 is 2.64 bits per heavy atom. The molecule has 1 aliphatic carbocycles. The molecule has 2 heterocycles. The number of halogens is 1. The number of hydrogen-bond donors (Lipinski definition) is 2. The zero-order chi connectivity index (χ0) is 17.3. The zero-order valence-electron chi connectivity index (χ0n) is 13.5. The van der Waals surface area contributed by atoms with E-state index in [0.717, 1.165) is 23.6 Å². The SMILES string of the molecule is O=C(Nc1cc(C2(c3ccc(Cl)cc3)CCC2)[nH]n1)c1cccnc1. The van der Waals surface area contributed by atoms with Crippen LogP contribution in [0.3, 0.4) is 0 Å². The fraction of sp³-hybridized carbons (Fsp3) is 0.211. The van der Waals surface area contributed by atoms with E-state index in [9.17, 15) is 4.79 Å². The van der Waals surface area contributed by atoms with Gasteiger partial charge < -0.3 is 5.32 Å². The molecule has 0 unspecified atom stereocenters. The normalized spacial score (nSPS) is 15.4. The van der Waals surface area contributed by atoms with E-state index >= 15 is 0 Å². The molecular weight excluding hydrogens is 336 g/mol. The second-order valence-electron chi connectivity index (χ2n) is 6.31. The molecule has 1 saturated carbocycles. The molecule has 4 rings (SSSR count). The van der Waals surface area contributed by atoms with Crippen molar-refractivity contribution in [1.82, 2.24) is 15.2 Å². The van der Waals surface area contributed by atoms with Crippen molar-refractivity contribution < 1.29 is 4.79 Å². The Morgan fingerprint density at radius 2 is 2.00 bits per heavy atom. The van der Waals surface area contributed by atoms with Gasteiger partial charge in [-0.15, -0.1) is 0 Å². The number of pyridine rings is 1. The summed E-state index contributed by atoms with van der Waals surface area (Å²) < 4.78 is 0. The Balaban J connectivity index is 1.58. The van der Waals surface area contributed by atoms with Crippen LogP contribution in [0.25, 0.3) is 0 Å². The zero-order valence-corrected chi connectivity index (χ0v) is 14.3. The molecule has 5 nitrogen and oxygen atoms in total. The second kappa shape index (κ2) is 6.33. The Kier molecular flexibility index (Phi) is 4.01. The lowest BCUT2D eigenvalue weighted by atomic mass is 9.62. The van der Waals surface area contributed by atoms with Gasteiger partial charge in [-0.2, -0.15) is 5.10 Å². The van der Waals surface area contributed by atoms with Gasteiger partial charge in [-0.25, -0.2) is 0 Å². The molecular formula is C19H17ClN4O. The smallest absolute Gasteiger partial charge is 0.258 e. The standard InChI is InChI=1S/C19H17ClN4O/c20-15-6-4-14(5-7-15)19(8-2-9-19)16-11-17(24-23-16)22-18(25)13-3-1-10-21-12-13/h1,3-7,10-12H,2,8-9H2,(H2,22,23,24,25). The molecule has 1 fully saturated rings. The summed E-state index contributed by atoms with van der Waals surface area (Å²) in [6.45, 7) is 0. The van der Waals surface area contributed by atoms with Crippen molar-refractivity contribution in [1.29, 1.82) is 0 Å². The van der Waals surface area contributed by atoms with E-state index in [0.29, 0.717) is 11.4 Å². The highest BCUT2D eigenvalue weighted by Crippen LogP contribution is 2.48. The average molecular weight is 353 g/mol.